The third kappa shape index (κ3) is 2.35. The fourth-order valence-corrected chi connectivity index (χ4v) is 4.18. The van der Waals surface area contributed by atoms with Gasteiger partial charge >= 0.3 is 0 Å². The summed E-state index contributed by atoms with van der Waals surface area (Å²) >= 11 is 0. The van der Waals surface area contributed by atoms with Gasteiger partial charge in [-0.25, -0.2) is 8.42 Å². The predicted molar refractivity (Wildman–Crippen MR) is 87.0 cm³/mol. The molecule has 2 aliphatic heterocycles. The summed E-state index contributed by atoms with van der Waals surface area (Å²) in [6.07, 6.45) is 0. The van der Waals surface area contributed by atoms with Crippen molar-refractivity contribution in [3.05, 3.63) is 42.5 Å². The number of hydrogen-bond donors (Lipinski definition) is 1. The van der Waals surface area contributed by atoms with Crippen LogP contribution < -0.4 is 19.1 Å². The highest BCUT2D eigenvalue weighted by Gasteiger charge is 2.33. The zero-order valence-corrected chi connectivity index (χ0v) is 13.4. The van der Waals surface area contributed by atoms with Crippen molar-refractivity contribution in [3.8, 4) is 11.5 Å². The standard InChI is InChI=1S/C16H14N2O5S/c19-16-10-18(13-4-2-1-3-12(13)17-16)24(20,21)11-5-6-14-15(9-11)23-8-7-22-14/h1-6,9H,7-8,10H2,(H,17,19). The number of sulfonamides is 1. The Morgan fingerprint density at radius 1 is 1.00 bits per heavy atom. The first-order chi connectivity index (χ1) is 11.6. The third-order valence-electron chi connectivity index (χ3n) is 3.84. The summed E-state index contributed by atoms with van der Waals surface area (Å²) in [6, 6.07) is 11.2. The van der Waals surface area contributed by atoms with Crippen molar-refractivity contribution in [1.82, 2.24) is 0 Å². The number of carbonyl (C=O) groups excluding carboxylic acids is 1. The lowest BCUT2D eigenvalue weighted by molar-refractivity contribution is -0.115. The summed E-state index contributed by atoms with van der Waals surface area (Å²) in [7, 11) is -3.90. The van der Waals surface area contributed by atoms with Crippen LogP contribution in [0.3, 0.4) is 0 Å². The summed E-state index contributed by atoms with van der Waals surface area (Å²) in [4.78, 5) is 11.9. The molecule has 0 aromatic heterocycles. The minimum absolute atomic E-state index is 0.0521. The molecule has 0 saturated heterocycles. The van der Waals surface area contributed by atoms with E-state index in [-0.39, 0.29) is 17.3 Å². The van der Waals surface area contributed by atoms with Gasteiger partial charge in [0.2, 0.25) is 5.91 Å². The van der Waals surface area contributed by atoms with E-state index < -0.39 is 10.0 Å². The maximum Gasteiger partial charge on any atom is 0.265 e. The molecule has 1 amide bonds. The molecule has 0 fully saturated rings. The minimum Gasteiger partial charge on any atom is -0.486 e. The van der Waals surface area contributed by atoms with Gasteiger partial charge in [-0.05, 0) is 24.3 Å². The maximum absolute atomic E-state index is 13.0. The average molecular weight is 346 g/mol. The van der Waals surface area contributed by atoms with Crippen molar-refractivity contribution in [2.75, 3.05) is 29.4 Å². The van der Waals surface area contributed by atoms with Crippen LogP contribution in [0.4, 0.5) is 11.4 Å². The Kier molecular flexibility index (Phi) is 3.34. The monoisotopic (exact) mass is 346 g/mol. The van der Waals surface area contributed by atoms with Crippen LogP contribution in [0.2, 0.25) is 0 Å². The van der Waals surface area contributed by atoms with Crippen LogP contribution in [-0.2, 0) is 14.8 Å². The summed E-state index contributed by atoms with van der Waals surface area (Å²) in [5.41, 5.74) is 0.904. The summed E-state index contributed by atoms with van der Waals surface area (Å²) in [6.45, 7) is 0.526. The number of fused-ring (bicyclic) bond motifs is 2. The van der Waals surface area contributed by atoms with Gasteiger partial charge in [-0.2, -0.15) is 0 Å². The Balaban J connectivity index is 1.79. The summed E-state index contributed by atoms with van der Waals surface area (Å²) < 4.78 is 38.0. The molecule has 0 radical (unpaired) electrons. The number of carbonyl (C=O) groups is 1. The van der Waals surface area contributed by atoms with Gasteiger partial charge in [0.15, 0.2) is 11.5 Å². The molecular formula is C16H14N2O5S. The molecule has 0 atom stereocenters. The van der Waals surface area contributed by atoms with Crippen molar-refractivity contribution in [3.63, 3.8) is 0 Å². The lowest BCUT2D eigenvalue weighted by atomic mass is 10.2. The van der Waals surface area contributed by atoms with E-state index in [4.69, 9.17) is 9.47 Å². The van der Waals surface area contributed by atoms with Crippen LogP contribution in [-0.4, -0.2) is 34.1 Å². The molecule has 24 heavy (non-hydrogen) atoms. The number of nitrogens with one attached hydrogen (secondary N) is 1. The van der Waals surface area contributed by atoms with Gasteiger partial charge in [-0.15, -0.1) is 0 Å². The average Bonchev–Trinajstić information content (AvgIpc) is 2.60. The van der Waals surface area contributed by atoms with E-state index in [0.717, 1.165) is 4.31 Å². The normalized spacial score (nSPS) is 16.3. The predicted octanol–water partition coefficient (Wildman–Crippen LogP) is 1.61. The molecule has 0 unspecified atom stereocenters. The zero-order chi connectivity index (χ0) is 16.7. The van der Waals surface area contributed by atoms with E-state index in [2.05, 4.69) is 5.32 Å². The smallest absolute Gasteiger partial charge is 0.265 e. The van der Waals surface area contributed by atoms with Crippen LogP contribution in [0.5, 0.6) is 11.5 Å². The van der Waals surface area contributed by atoms with Gasteiger partial charge in [0.25, 0.3) is 10.0 Å². The highest BCUT2D eigenvalue weighted by molar-refractivity contribution is 7.92. The van der Waals surface area contributed by atoms with Crippen LogP contribution >= 0.6 is 0 Å². The number of nitrogens with zero attached hydrogens (tertiary/aromatic N) is 1. The Morgan fingerprint density at radius 2 is 1.75 bits per heavy atom. The first-order valence-electron chi connectivity index (χ1n) is 7.37. The van der Waals surface area contributed by atoms with Gasteiger partial charge in [-0.1, -0.05) is 12.1 Å². The second-order valence-corrected chi connectivity index (χ2v) is 7.24. The zero-order valence-electron chi connectivity index (χ0n) is 12.6. The molecular weight excluding hydrogens is 332 g/mol. The quantitative estimate of drug-likeness (QED) is 0.893. The first kappa shape index (κ1) is 14.8. The van der Waals surface area contributed by atoms with E-state index in [1.54, 1.807) is 30.3 Å². The minimum atomic E-state index is -3.90. The molecule has 7 nitrogen and oxygen atoms in total. The van der Waals surface area contributed by atoms with Crippen LogP contribution in [0.1, 0.15) is 0 Å². The van der Waals surface area contributed by atoms with Gasteiger partial charge in [0.05, 0.1) is 16.3 Å². The fraction of sp³-hybridized carbons (Fsp3) is 0.188. The highest BCUT2D eigenvalue weighted by atomic mass is 32.2. The summed E-state index contributed by atoms with van der Waals surface area (Å²) in [5.74, 6) is 0.517. The fourth-order valence-electron chi connectivity index (χ4n) is 2.73. The number of rotatable bonds is 2. The van der Waals surface area contributed by atoms with Crippen molar-refractivity contribution in [1.29, 1.82) is 0 Å². The van der Waals surface area contributed by atoms with E-state index in [9.17, 15) is 13.2 Å². The lowest BCUT2D eigenvalue weighted by Gasteiger charge is -2.30. The highest BCUT2D eigenvalue weighted by Crippen LogP contribution is 2.37. The van der Waals surface area contributed by atoms with Crippen LogP contribution in [0.15, 0.2) is 47.4 Å². The number of anilines is 2. The topological polar surface area (TPSA) is 84.9 Å². The lowest BCUT2D eigenvalue weighted by Crippen LogP contribution is -2.42. The van der Waals surface area contributed by atoms with E-state index in [0.29, 0.717) is 36.1 Å². The van der Waals surface area contributed by atoms with Crippen molar-refractivity contribution >= 4 is 27.3 Å². The van der Waals surface area contributed by atoms with Crippen molar-refractivity contribution in [2.45, 2.75) is 4.90 Å². The molecule has 2 heterocycles. The van der Waals surface area contributed by atoms with Gasteiger partial charge in [0.1, 0.15) is 19.8 Å². The van der Waals surface area contributed by atoms with E-state index >= 15 is 0 Å². The molecule has 8 heteroatoms. The number of amides is 1. The molecule has 0 saturated carbocycles. The first-order valence-corrected chi connectivity index (χ1v) is 8.81. The largest absolute Gasteiger partial charge is 0.486 e. The molecule has 2 aromatic rings. The Bertz CT molecular complexity index is 926. The molecule has 0 spiro atoms. The van der Waals surface area contributed by atoms with Gasteiger partial charge in [0, 0.05) is 6.07 Å². The number of benzene rings is 2. The van der Waals surface area contributed by atoms with Crippen molar-refractivity contribution < 1.29 is 22.7 Å². The molecule has 0 bridgehead atoms. The maximum atomic E-state index is 13.0. The van der Waals surface area contributed by atoms with Crippen LogP contribution in [0, 0.1) is 0 Å². The van der Waals surface area contributed by atoms with Crippen molar-refractivity contribution in [2.24, 2.45) is 0 Å². The number of ether oxygens (including phenoxy) is 2. The SMILES string of the molecule is O=C1CN(S(=O)(=O)c2ccc3c(c2)OCCO3)c2ccccc2N1. The van der Waals surface area contributed by atoms with Crippen LogP contribution in [0.25, 0.3) is 0 Å². The molecule has 1 N–H and O–H groups in total. The second-order valence-electron chi connectivity index (χ2n) is 5.38. The molecule has 4 rings (SSSR count). The Hall–Kier alpha value is -2.74. The van der Waals surface area contributed by atoms with Gasteiger partial charge in [-0.3, -0.25) is 9.10 Å². The number of hydrogen-bond acceptors (Lipinski definition) is 5. The molecule has 2 aliphatic rings. The number of para-hydroxylation sites is 2. The van der Waals surface area contributed by atoms with E-state index in [1.807, 2.05) is 0 Å². The van der Waals surface area contributed by atoms with E-state index in [1.165, 1.54) is 12.1 Å². The molecule has 124 valence electrons. The summed E-state index contributed by atoms with van der Waals surface area (Å²) in [5, 5.41) is 2.67. The Morgan fingerprint density at radius 3 is 2.58 bits per heavy atom. The molecule has 2 aromatic carbocycles. The van der Waals surface area contributed by atoms with Gasteiger partial charge < -0.3 is 14.8 Å². The Labute approximate surface area is 138 Å². The third-order valence-corrected chi connectivity index (χ3v) is 5.59. The molecule has 0 aliphatic carbocycles. The second kappa shape index (κ2) is 5.41.